The molecule has 7 heteroatoms. The highest BCUT2D eigenvalue weighted by Gasteiger charge is 2.25. The Morgan fingerprint density at radius 2 is 2.13 bits per heavy atom. The van der Waals surface area contributed by atoms with Gasteiger partial charge >= 0.3 is 0 Å². The molecule has 3 rings (SSSR count). The first kappa shape index (κ1) is 15.6. The lowest BCUT2D eigenvalue weighted by Crippen LogP contribution is -2.48. The van der Waals surface area contributed by atoms with Crippen LogP contribution in [-0.2, 0) is 16.0 Å². The van der Waals surface area contributed by atoms with Gasteiger partial charge in [-0.05, 0) is 26.0 Å². The Balaban J connectivity index is 1.56. The van der Waals surface area contributed by atoms with Gasteiger partial charge in [-0.25, -0.2) is 0 Å². The molecule has 0 radical (unpaired) electrons. The highest BCUT2D eigenvalue weighted by atomic mass is 16.5. The van der Waals surface area contributed by atoms with Gasteiger partial charge in [0.2, 0.25) is 17.6 Å². The number of rotatable bonds is 4. The molecule has 0 N–H and O–H groups in total. The molecule has 0 bridgehead atoms. The molecule has 1 aliphatic heterocycles. The van der Waals surface area contributed by atoms with Crippen molar-refractivity contribution in [1.82, 2.24) is 20.0 Å². The predicted molar refractivity (Wildman–Crippen MR) is 82.4 cm³/mol. The number of morpholine rings is 1. The van der Waals surface area contributed by atoms with E-state index in [1.165, 1.54) is 0 Å². The van der Waals surface area contributed by atoms with Gasteiger partial charge in [0.15, 0.2) is 0 Å². The van der Waals surface area contributed by atoms with Crippen LogP contribution in [0.4, 0.5) is 0 Å². The zero-order valence-corrected chi connectivity index (χ0v) is 13.3. The summed E-state index contributed by atoms with van der Waals surface area (Å²) in [5, 5.41) is 3.93. The third-order valence-corrected chi connectivity index (χ3v) is 3.71. The number of carbonyl (C=O) groups excluding carboxylic acids is 1. The van der Waals surface area contributed by atoms with E-state index in [1.54, 1.807) is 12.4 Å². The van der Waals surface area contributed by atoms with E-state index >= 15 is 0 Å². The van der Waals surface area contributed by atoms with Gasteiger partial charge in [-0.15, -0.1) is 0 Å². The van der Waals surface area contributed by atoms with E-state index in [0.717, 1.165) is 5.56 Å². The molecule has 1 amide bonds. The number of aryl methyl sites for hydroxylation is 1. The Morgan fingerprint density at radius 1 is 1.35 bits per heavy atom. The Morgan fingerprint density at radius 3 is 2.83 bits per heavy atom. The first-order chi connectivity index (χ1) is 11.1. The van der Waals surface area contributed by atoms with E-state index in [9.17, 15) is 4.79 Å². The van der Waals surface area contributed by atoms with E-state index in [0.29, 0.717) is 37.6 Å². The van der Waals surface area contributed by atoms with Crippen molar-refractivity contribution >= 4 is 5.91 Å². The van der Waals surface area contributed by atoms with Crippen molar-refractivity contribution < 1.29 is 14.1 Å². The molecule has 122 valence electrons. The molecular formula is C16H20N4O3. The third kappa shape index (κ3) is 3.92. The van der Waals surface area contributed by atoms with Crippen LogP contribution < -0.4 is 0 Å². The zero-order valence-electron chi connectivity index (χ0n) is 13.3. The second kappa shape index (κ2) is 6.87. The minimum atomic E-state index is 0.0725. The van der Waals surface area contributed by atoms with Crippen LogP contribution in [0.5, 0.6) is 0 Å². The summed E-state index contributed by atoms with van der Waals surface area (Å²) in [6.45, 7) is 5.23. The molecule has 1 fully saturated rings. The highest BCUT2D eigenvalue weighted by Crippen LogP contribution is 2.16. The number of ether oxygens (including phenoxy) is 1. The molecule has 2 unspecified atom stereocenters. The summed E-state index contributed by atoms with van der Waals surface area (Å²) in [6.07, 6.45) is 4.30. The predicted octanol–water partition coefficient (Wildman–Crippen LogP) is 1.70. The Labute approximate surface area is 134 Å². The first-order valence-electron chi connectivity index (χ1n) is 7.78. The van der Waals surface area contributed by atoms with Gasteiger partial charge in [0.1, 0.15) is 0 Å². The molecule has 7 nitrogen and oxygen atoms in total. The minimum absolute atomic E-state index is 0.0725. The maximum absolute atomic E-state index is 12.3. The fraction of sp³-hybridized carbons (Fsp3) is 0.500. The lowest BCUT2D eigenvalue weighted by molar-refractivity contribution is -0.143. The fourth-order valence-corrected chi connectivity index (χ4v) is 2.72. The average Bonchev–Trinajstić information content (AvgIpc) is 3.01. The molecule has 0 aliphatic carbocycles. The first-order valence-corrected chi connectivity index (χ1v) is 7.78. The van der Waals surface area contributed by atoms with E-state index in [-0.39, 0.29) is 18.1 Å². The van der Waals surface area contributed by atoms with Gasteiger partial charge in [0.05, 0.1) is 12.2 Å². The van der Waals surface area contributed by atoms with Crippen molar-refractivity contribution in [2.45, 2.75) is 38.9 Å². The molecule has 0 aromatic carbocycles. The number of hydrogen-bond acceptors (Lipinski definition) is 6. The van der Waals surface area contributed by atoms with E-state index in [4.69, 9.17) is 9.26 Å². The third-order valence-electron chi connectivity index (χ3n) is 3.71. The number of pyridine rings is 1. The molecule has 0 saturated carbocycles. The van der Waals surface area contributed by atoms with Crippen LogP contribution in [-0.4, -0.2) is 51.2 Å². The van der Waals surface area contributed by atoms with Crippen LogP contribution in [0, 0.1) is 0 Å². The minimum Gasteiger partial charge on any atom is -0.372 e. The Bertz CT molecular complexity index is 648. The highest BCUT2D eigenvalue weighted by molar-refractivity contribution is 5.76. The van der Waals surface area contributed by atoms with Crippen LogP contribution in [0.15, 0.2) is 29.0 Å². The number of hydrogen-bond donors (Lipinski definition) is 0. The average molecular weight is 316 g/mol. The van der Waals surface area contributed by atoms with E-state index in [1.807, 2.05) is 30.9 Å². The quantitative estimate of drug-likeness (QED) is 0.854. The summed E-state index contributed by atoms with van der Waals surface area (Å²) in [4.78, 5) is 22.5. The van der Waals surface area contributed by atoms with Gasteiger partial charge in [0.25, 0.3) is 0 Å². The standard InChI is InChI=1S/C16H20N4O3/c1-11-9-20(10-12(2)22-11)15(21)6-5-14-18-16(19-23-14)13-4-3-7-17-8-13/h3-4,7-8,11-12H,5-6,9-10H2,1-2H3. The van der Waals surface area contributed by atoms with E-state index < -0.39 is 0 Å². The summed E-state index contributed by atoms with van der Waals surface area (Å²) in [5.74, 6) is 1.05. The molecule has 1 saturated heterocycles. The Hall–Kier alpha value is -2.28. The Kier molecular flexibility index (Phi) is 4.66. The summed E-state index contributed by atoms with van der Waals surface area (Å²) in [7, 11) is 0. The van der Waals surface area contributed by atoms with Crippen molar-refractivity contribution in [3.63, 3.8) is 0 Å². The summed E-state index contributed by atoms with van der Waals surface area (Å²) in [5.41, 5.74) is 0.796. The van der Waals surface area contributed by atoms with Gasteiger partial charge in [-0.2, -0.15) is 4.98 Å². The van der Waals surface area contributed by atoms with Crippen LogP contribution in [0.25, 0.3) is 11.4 Å². The SMILES string of the molecule is CC1CN(C(=O)CCc2nc(-c3cccnc3)no2)CC(C)O1. The van der Waals surface area contributed by atoms with Gasteiger partial charge < -0.3 is 14.2 Å². The van der Waals surface area contributed by atoms with Crippen molar-refractivity contribution in [2.75, 3.05) is 13.1 Å². The molecular weight excluding hydrogens is 296 g/mol. The zero-order chi connectivity index (χ0) is 16.2. The maximum Gasteiger partial charge on any atom is 0.227 e. The molecule has 2 aromatic heterocycles. The number of carbonyl (C=O) groups is 1. The molecule has 3 heterocycles. The monoisotopic (exact) mass is 316 g/mol. The van der Waals surface area contributed by atoms with Crippen LogP contribution >= 0.6 is 0 Å². The molecule has 0 spiro atoms. The normalized spacial score (nSPS) is 21.4. The smallest absolute Gasteiger partial charge is 0.227 e. The molecule has 2 aromatic rings. The van der Waals surface area contributed by atoms with Gasteiger partial charge in [-0.3, -0.25) is 9.78 Å². The molecule has 1 aliphatic rings. The van der Waals surface area contributed by atoms with Crippen LogP contribution in [0.3, 0.4) is 0 Å². The van der Waals surface area contributed by atoms with Gasteiger partial charge in [-0.1, -0.05) is 5.16 Å². The maximum atomic E-state index is 12.3. The summed E-state index contributed by atoms with van der Waals surface area (Å²) in [6, 6.07) is 3.68. The molecule has 2 atom stereocenters. The van der Waals surface area contributed by atoms with Crippen LogP contribution in [0.1, 0.15) is 26.2 Å². The van der Waals surface area contributed by atoms with Crippen molar-refractivity contribution in [1.29, 1.82) is 0 Å². The van der Waals surface area contributed by atoms with Gasteiger partial charge in [0, 0.05) is 43.9 Å². The summed E-state index contributed by atoms with van der Waals surface area (Å²) < 4.78 is 10.9. The second-order valence-corrected chi connectivity index (χ2v) is 5.81. The second-order valence-electron chi connectivity index (χ2n) is 5.81. The molecule has 23 heavy (non-hydrogen) atoms. The number of amides is 1. The van der Waals surface area contributed by atoms with Crippen LogP contribution in [0.2, 0.25) is 0 Å². The van der Waals surface area contributed by atoms with E-state index in [2.05, 4.69) is 15.1 Å². The van der Waals surface area contributed by atoms with Crippen molar-refractivity contribution in [3.8, 4) is 11.4 Å². The number of nitrogens with zero attached hydrogens (tertiary/aromatic N) is 4. The van der Waals surface area contributed by atoms with Crippen molar-refractivity contribution in [2.24, 2.45) is 0 Å². The largest absolute Gasteiger partial charge is 0.372 e. The number of aromatic nitrogens is 3. The van der Waals surface area contributed by atoms with Crippen molar-refractivity contribution in [3.05, 3.63) is 30.4 Å². The summed E-state index contributed by atoms with van der Waals surface area (Å²) >= 11 is 0. The fourth-order valence-electron chi connectivity index (χ4n) is 2.72. The topological polar surface area (TPSA) is 81.4 Å². The lowest BCUT2D eigenvalue weighted by atomic mass is 10.2. The lowest BCUT2D eigenvalue weighted by Gasteiger charge is -2.35.